The molecule has 3 rings (SSSR count). The molecule has 1 unspecified atom stereocenters. The number of nitrogens with zero attached hydrogens (tertiary/aromatic N) is 1. The first kappa shape index (κ1) is 14.9. The Morgan fingerprint density at radius 3 is 2.43 bits per heavy atom. The molecule has 5 nitrogen and oxygen atoms in total. The number of amides is 4. The predicted octanol–water partition coefficient (Wildman–Crippen LogP) is 2.30. The fourth-order valence-corrected chi connectivity index (χ4v) is 5.06. The Labute approximate surface area is 129 Å². The molecule has 3 fully saturated rings. The number of thioether (sulfide) groups is 1. The molecule has 3 aliphatic rings. The number of carbonyl (C=O) groups excluding carboxylic acids is 3. The molecule has 116 valence electrons. The zero-order valence-electron chi connectivity index (χ0n) is 12.4. The highest BCUT2D eigenvalue weighted by Crippen LogP contribution is 2.43. The first-order valence-electron chi connectivity index (χ1n) is 7.78. The summed E-state index contributed by atoms with van der Waals surface area (Å²) in [6.07, 6.45) is 6.10. The third-order valence-electron chi connectivity index (χ3n) is 5.05. The largest absolute Gasteiger partial charge is 0.330 e. The third kappa shape index (κ3) is 2.47. The number of nitrogens with one attached hydrogen (secondary N) is 1. The molecule has 1 spiro atoms. The third-order valence-corrected chi connectivity index (χ3v) is 6.58. The second kappa shape index (κ2) is 5.30. The molecule has 1 atom stereocenters. The summed E-state index contributed by atoms with van der Waals surface area (Å²) in [6.45, 7) is 2.52. The quantitative estimate of drug-likeness (QED) is 0.795. The van der Waals surface area contributed by atoms with Crippen molar-refractivity contribution < 1.29 is 14.4 Å². The minimum Gasteiger partial charge on any atom is -0.277 e. The molecule has 0 aromatic rings. The van der Waals surface area contributed by atoms with Crippen molar-refractivity contribution >= 4 is 29.6 Å². The van der Waals surface area contributed by atoms with Gasteiger partial charge in [-0.25, -0.2) is 4.79 Å². The van der Waals surface area contributed by atoms with Crippen LogP contribution in [0.25, 0.3) is 0 Å². The molecule has 0 aromatic heterocycles. The Morgan fingerprint density at radius 1 is 1.10 bits per heavy atom. The molecule has 0 radical (unpaired) electrons. The Hall–Kier alpha value is -1.04. The molecule has 0 bridgehead atoms. The van der Waals surface area contributed by atoms with Crippen molar-refractivity contribution in [3.8, 4) is 0 Å². The SMILES string of the molecule is CC1(CN2C(=O)NC(=O)C3(CCCCC3)C2=O)CCCS1. The molecular weight excluding hydrogens is 288 g/mol. The van der Waals surface area contributed by atoms with E-state index in [1.165, 1.54) is 4.90 Å². The number of hydrogen-bond acceptors (Lipinski definition) is 4. The lowest BCUT2D eigenvalue weighted by Crippen LogP contribution is -2.65. The average molecular weight is 310 g/mol. The minimum atomic E-state index is -0.980. The van der Waals surface area contributed by atoms with Crippen LogP contribution in [0.2, 0.25) is 0 Å². The fourth-order valence-electron chi connectivity index (χ4n) is 3.77. The van der Waals surface area contributed by atoms with Gasteiger partial charge in [0, 0.05) is 11.3 Å². The molecule has 2 aliphatic heterocycles. The van der Waals surface area contributed by atoms with Crippen molar-refractivity contribution in [2.75, 3.05) is 12.3 Å². The number of barbiturate groups is 1. The van der Waals surface area contributed by atoms with Gasteiger partial charge in [0.1, 0.15) is 5.41 Å². The maximum absolute atomic E-state index is 12.9. The molecule has 1 aliphatic carbocycles. The molecular formula is C15H22N2O3S. The van der Waals surface area contributed by atoms with Crippen LogP contribution in [0.1, 0.15) is 51.9 Å². The molecule has 1 saturated carbocycles. The summed E-state index contributed by atoms with van der Waals surface area (Å²) >= 11 is 1.82. The van der Waals surface area contributed by atoms with Gasteiger partial charge in [0.05, 0.1) is 0 Å². The maximum Gasteiger partial charge on any atom is 0.330 e. The lowest BCUT2D eigenvalue weighted by Gasteiger charge is -2.43. The van der Waals surface area contributed by atoms with Crippen LogP contribution in [0.4, 0.5) is 4.79 Å². The van der Waals surface area contributed by atoms with Crippen molar-refractivity contribution in [1.82, 2.24) is 10.2 Å². The van der Waals surface area contributed by atoms with Gasteiger partial charge in [0.25, 0.3) is 0 Å². The zero-order valence-corrected chi connectivity index (χ0v) is 13.3. The maximum atomic E-state index is 12.9. The summed E-state index contributed by atoms with van der Waals surface area (Å²) in [5.41, 5.74) is -0.980. The lowest BCUT2D eigenvalue weighted by molar-refractivity contribution is -0.154. The Balaban J connectivity index is 1.84. The van der Waals surface area contributed by atoms with E-state index in [2.05, 4.69) is 12.2 Å². The number of hydrogen-bond donors (Lipinski definition) is 1. The van der Waals surface area contributed by atoms with E-state index in [1.54, 1.807) is 0 Å². The molecule has 2 heterocycles. The van der Waals surface area contributed by atoms with Crippen molar-refractivity contribution in [2.45, 2.75) is 56.6 Å². The van der Waals surface area contributed by atoms with E-state index in [-0.39, 0.29) is 16.6 Å². The normalized spacial score (nSPS) is 32.6. The minimum absolute atomic E-state index is 0.0662. The summed E-state index contributed by atoms with van der Waals surface area (Å²) in [5, 5.41) is 2.43. The number of rotatable bonds is 2. The van der Waals surface area contributed by atoms with Crippen molar-refractivity contribution in [3.63, 3.8) is 0 Å². The van der Waals surface area contributed by atoms with Crippen LogP contribution >= 0.6 is 11.8 Å². The van der Waals surface area contributed by atoms with Gasteiger partial charge in [-0.15, -0.1) is 0 Å². The van der Waals surface area contributed by atoms with E-state index in [0.29, 0.717) is 19.4 Å². The van der Waals surface area contributed by atoms with Gasteiger partial charge in [-0.3, -0.25) is 19.8 Å². The number of carbonyl (C=O) groups is 3. The first-order chi connectivity index (χ1) is 9.97. The molecule has 4 amide bonds. The highest BCUT2D eigenvalue weighted by Gasteiger charge is 2.54. The summed E-state index contributed by atoms with van der Waals surface area (Å²) in [4.78, 5) is 38.6. The van der Waals surface area contributed by atoms with Crippen LogP contribution in [-0.4, -0.2) is 39.8 Å². The highest BCUT2D eigenvalue weighted by molar-refractivity contribution is 8.00. The van der Waals surface area contributed by atoms with E-state index in [1.807, 2.05) is 11.8 Å². The van der Waals surface area contributed by atoms with E-state index in [4.69, 9.17) is 0 Å². The monoisotopic (exact) mass is 310 g/mol. The molecule has 0 aromatic carbocycles. The van der Waals surface area contributed by atoms with E-state index < -0.39 is 11.4 Å². The van der Waals surface area contributed by atoms with Gasteiger partial charge < -0.3 is 0 Å². The zero-order chi connectivity index (χ0) is 15.1. The standard InChI is InChI=1S/C15H22N2O3S/c1-14(6-5-9-21-14)10-17-12(19)15(7-3-2-4-8-15)11(18)16-13(17)20/h2-10H2,1H3,(H,16,18,20). The van der Waals surface area contributed by atoms with E-state index in [9.17, 15) is 14.4 Å². The van der Waals surface area contributed by atoms with Gasteiger partial charge in [0.15, 0.2) is 0 Å². The molecule has 6 heteroatoms. The smallest absolute Gasteiger partial charge is 0.277 e. The number of urea groups is 1. The van der Waals surface area contributed by atoms with Gasteiger partial charge in [-0.2, -0.15) is 11.8 Å². The van der Waals surface area contributed by atoms with Crippen LogP contribution < -0.4 is 5.32 Å². The van der Waals surface area contributed by atoms with Crippen molar-refractivity contribution in [2.24, 2.45) is 5.41 Å². The topological polar surface area (TPSA) is 66.5 Å². The van der Waals surface area contributed by atoms with Crippen LogP contribution in [0.15, 0.2) is 0 Å². The Bertz CT molecular complexity index is 479. The Morgan fingerprint density at radius 2 is 1.81 bits per heavy atom. The highest BCUT2D eigenvalue weighted by atomic mass is 32.2. The summed E-state index contributed by atoms with van der Waals surface area (Å²) < 4.78 is -0.0662. The van der Waals surface area contributed by atoms with Gasteiger partial charge in [-0.05, 0) is 38.4 Å². The first-order valence-corrected chi connectivity index (χ1v) is 8.77. The fraction of sp³-hybridized carbons (Fsp3) is 0.800. The molecule has 2 saturated heterocycles. The second-order valence-corrected chi connectivity index (χ2v) is 8.38. The predicted molar refractivity (Wildman–Crippen MR) is 80.9 cm³/mol. The van der Waals surface area contributed by atoms with Gasteiger partial charge >= 0.3 is 6.03 Å². The van der Waals surface area contributed by atoms with Gasteiger partial charge in [0.2, 0.25) is 11.8 Å². The summed E-state index contributed by atoms with van der Waals surface area (Å²) in [6, 6.07) is -0.532. The Kier molecular flexibility index (Phi) is 3.76. The van der Waals surface area contributed by atoms with Crippen molar-refractivity contribution in [1.29, 1.82) is 0 Å². The van der Waals surface area contributed by atoms with Crippen LogP contribution in [0, 0.1) is 5.41 Å². The lowest BCUT2D eigenvalue weighted by atomic mass is 9.71. The molecule has 21 heavy (non-hydrogen) atoms. The van der Waals surface area contributed by atoms with Crippen LogP contribution in [-0.2, 0) is 9.59 Å². The van der Waals surface area contributed by atoms with Crippen LogP contribution in [0.3, 0.4) is 0 Å². The molecule has 1 N–H and O–H groups in total. The summed E-state index contributed by atoms with van der Waals surface area (Å²) in [7, 11) is 0. The van der Waals surface area contributed by atoms with Crippen molar-refractivity contribution in [3.05, 3.63) is 0 Å². The van der Waals surface area contributed by atoms with E-state index >= 15 is 0 Å². The van der Waals surface area contributed by atoms with E-state index in [0.717, 1.165) is 37.9 Å². The van der Waals surface area contributed by atoms with Crippen LogP contribution in [0.5, 0.6) is 0 Å². The average Bonchev–Trinajstić information content (AvgIpc) is 2.90. The second-order valence-electron chi connectivity index (χ2n) is 6.70. The number of imide groups is 2. The summed E-state index contributed by atoms with van der Waals surface area (Å²) in [5.74, 6) is 0.437. The van der Waals surface area contributed by atoms with Gasteiger partial charge in [-0.1, -0.05) is 19.3 Å².